The second-order valence-corrected chi connectivity index (χ2v) is 4.21. The summed E-state index contributed by atoms with van der Waals surface area (Å²) < 4.78 is 14.5. The van der Waals surface area contributed by atoms with Gasteiger partial charge in [0.2, 0.25) is 0 Å². The lowest BCUT2D eigenvalue weighted by Crippen LogP contribution is -2.35. The molecule has 7 heteroatoms. The highest BCUT2D eigenvalue weighted by atomic mass is 32.1. The van der Waals surface area contributed by atoms with Crippen LogP contribution in [0.15, 0.2) is 0 Å². The number of hydrogen-bond acceptors (Lipinski definition) is 6. The smallest absolute Gasteiger partial charge is 0.265 e. The van der Waals surface area contributed by atoms with Crippen molar-refractivity contribution in [3.8, 4) is 0 Å². The van der Waals surface area contributed by atoms with E-state index in [0.29, 0.717) is 31.1 Å². The number of carbonyl (C=O) groups excluding carboxylic acids is 1. The largest absolute Gasteiger partial charge is 0.351 e. The summed E-state index contributed by atoms with van der Waals surface area (Å²) >= 11 is 1.11. The van der Waals surface area contributed by atoms with Gasteiger partial charge in [-0.3, -0.25) is 4.79 Å². The van der Waals surface area contributed by atoms with Crippen LogP contribution in [0, 0.1) is 0 Å². The minimum absolute atomic E-state index is 0.175. The van der Waals surface area contributed by atoms with Crippen molar-refractivity contribution < 1.29 is 14.3 Å². The normalized spacial score (nSPS) is 10.9. The zero-order valence-electron chi connectivity index (χ0n) is 10.9. The average Bonchev–Trinajstić information content (AvgIpc) is 2.84. The Kier molecular flexibility index (Phi) is 6.77. The van der Waals surface area contributed by atoms with E-state index in [2.05, 4.69) is 14.9 Å². The average molecular weight is 273 g/mol. The predicted octanol–water partition coefficient (Wildman–Crippen LogP) is 1.23. The van der Waals surface area contributed by atoms with Crippen molar-refractivity contribution in [3.05, 3.63) is 10.6 Å². The molecule has 1 amide bonds. The number of rotatable bonds is 8. The second kappa shape index (κ2) is 8.12. The second-order valence-electron chi connectivity index (χ2n) is 3.45. The summed E-state index contributed by atoms with van der Waals surface area (Å²) in [6.07, 6.45) is 0.287. The number of nitrogens with zero attached hydrogens (tertiary/aromatic N) is 2. The summed E-state index contributed by atoms with van der Waals surface area (Å²) in [7, 11) is 0. The van der Waals surface area contributed by atoms with Gasteiger partial charge in [0.15, 0.2) is 6.29 Å². The van der Waals surface area contributed by atoms with Crippen LogP contribution in [0.4, 0.5) is 0 Å². The number of aryl methyl sites for hydroxylation is 1. The zero-order chi connectivity index (χ0) is 13.4. The third kappa shape index (κ3) is 4.32. The third-order valence-corrected chi connectivity index (χ3v) is 3.00. The number of nitrogens with one attached hydrogen (secondary N) is 1. The molecule has 0 atom stereocenters. The first-order valence-corrected chi connectivity index (χ1v) is 6.82. The van der Waals surface area contributed by atoms with Gasteiger partial charge in [-0.25, -0.2) is 0 Å². The molecule has 0 fully saturated rings. The van der Waals surface area contributed by atoms with Crippen LogP contribution in [-0.2, 0) is 15.9 Å². The van der Waals surface area contributed by atoms with Crippen molar-refractivity contribution in [2.75, 3.05) is 19.8 Å². The molecule has 1 N–H and O–H groups in total. The maximum Gasteiger partial charge on any atom is 0.265 e. The summed E-state index contributed by atoms with van der Waals surface area (Å²) in [6.45, 7) is 7.12. The van der Waals surface area contributed by atoms with E-state index in [1.807, 2.05) is 20.8 Å². The molecule has 0 aliphatic rings. The van der Waals surface area contributed by atoms with Gasteiger partial charge < -0.3 is 14.8 Å². The molecule has 0 aliphatic carbocycles. The molecule has 1 heterocycles. The molecule has 18 heavy (non-hydrogen) atoms. The van der Waals surface area contributed by atoms with Crippen LogP contribution < -0.4 is 5.32 Å². The molecule has 0 aliphatic heterocycles. The van der Waals surface area contributed by atoms with Crippen LogP contribution >= 0.6 is 11.5 Å². The number of ether oxygens (including phenoxy) is 2. The topological polar surface area (TPSA) is 73.3 Å². The van der Waals surface area contributed by atoms with Gasteiger partial charge in [0, 0.05) is 13.2 Å². The van der Waals surface area contributed by atoms with Gasteiger partial charge in [-0.05, 0) is 31.8 Å². The van der Waals surface area contributed by atoms with E-state index in [1.54, 1.807) is 0 Å². The van der Waals surface area contributed by atoms with E-state index in [1.165, 1.54) is 0 Å². The summed E-state index contributed by atoms with van der Waals surface area (Å²) in [5.74, 6) is -0.175. The van der Waals surface area contributed by atoms with Crippen molar-refractivity contribution in [2.24, 2.45) is 0 Å². The van der Waals surface area contributed by atoms with E-state index in [9.17, 15) is 4.79 Å². The molecule has 1 aromatic rings. The highest BCUT2D eigenvalue weighted by molar-refractivity contribution is 7.08. The molecule has 0 bridgehead atoms. The molecule has 1 aromatic heterocycles. The van der Waals surface area contributed by atoms with Crippen molar-refractivity contribution in [1.29, 1.82) is 0 Å². The lowest BCUT2D eigenvalue weighted by molar-refractivity contribution is -0.131. The highest BCUT2D eigenvalue weighted by Gasteiger charge is 2.16. The summed E-state index contributed by atoms with van der Waals surface area (Å²) in [6, 6.07) is 0. The summed E-state index contributed by atoms with van der Waals surface area (Å²) in [5, 5.41) is 6.67. The SMILES string of the molecule is CCOC(CNC(=O)c1snnc1CC)OCC. The van der Waals surface area contributed by atoms with Crippen LogP contribution in [0.3, 0.4) is 0 Å². The number of amides is 1. The Morgan fingerprint density at radius 1 is 1.33 bits per heavy atom. The lowest BCUT2D eigenvalue weighted by Gasteiger charge is -2.17. The Balaban J connectivity index is 2.49. The Bertz CT molecular complexity index is 364. The van der Waals surface area contributed by atoms with E-state index in [0.717, 1.165) is 17.2 Å². The zero-order valence-corrected chi connectivity index (χ0v) is 11.7. The summed E-state index contributed by atoms with van der Waals surface area (Å²) in [4.78, 5) is 12.5. The number of hydrogen-bond donors (Lipinski definition) is 1. The first-order chi connectivity index (χ1) is 8.72. The molecule has 102 valence electrons. The van der Waals surface area contributed by atoms with Gasteiger partial charge in [-0.2, -0.15) is 0 Å². The standard InChI is InChI=1S/C11H19N3O3S/c1-4-8-10(18-14-13-8)11(15)12-7-9(16-5-2)17-6-3/h9H,4-7H2,1-3H3,(H,12,15). The minimum atomic E-state index is -0.407. The van der Waals surface area contributed by atoms with Gasteiger partial charge >= 0.3 is 0 Å². The maximum absolute atomic E-state index is 11.9. The highest BCUT2D eigenvalue weighted by Crippen LogP contribution is 2.10. The summed E-state index contributed by atoms with van der Waals surface area (Å²) in [5.41, 5.74) is 0.724. The predicted molar refractivity (Wildman–Crippen MR) is 68.7 cm³/mol. The van der Waals surface area contributed by atoms with E-state index in [4.69, 9.17) is 9.47 Å². The van der Waals surface area contributed by atoms with Gasteiger partial charge in [0.25, 0.3) is 5.91 Å². The third-order valence-electron chi connectivity index (χ3n) is 2.23. The Labute approximate surface area is 111 Å². The minimum Gasteiger partial charge on any atom is -0.351 e. The van der Waals surface area contributed by atoms with Gasteiger partial charge in [-0.1, -0.05) is 11.4 Å². The fraction of sp³-hybridized carbons (Fsp3) is 0.727. The Morgan fingerprint density at radius 2 is 2.00 bits per heavy atom. The van der Waals surface area contributed by atoms with Crippen molar-refractivity contribution in [3.63, 3.8) is 0 Å². The molecular formula is C11H19N3O3S. The molecule has 1 rings (SSSR count). The molecule has 0 unspecified atom stereocenters. The van der Waals surface area contributed by atoms with Crippen molar-refractivity contribution in [2.45, 2.75) is 33.5 Å². The van der Waals surface area contributed by atoms with E-state index >= 15 is 0 Å². The van der Waals surface area contributed by atoms with Crippen LogP contribution in [0.2, 0.25) is 0 Å². The molecule has 0 spiro atoms. The fourth-order valence-corrected chi connectivity index (χ4v) is 2.07. The van der Waals surface area contributed by atoms with Crippen LogP contribution in [0.5, 0.6) is 0 Å². The van der Waals surface area contributed by atoms with Crippen LogP contribution in [0.25, 0.3) is 0 Å². The van der Waals surface area contributed by atoms with E-state index in [-0.39, 0.29) is 5.91 Å². The lowest BCUT2D eigenvalue weighted by atomic mass is 10.3. The number of aromatic nitrogens is 2. The molecular weight excluding hydrogens is 254 g/mol. The van der Waals surface area contributed by atoms with E-state index < -0.39 is 6.29 Å². The molecule has 6 nitrogen and oxygen atoms in total. The fourth-order valence-electron chi connectivity index (χ4n) is 1.41. The first-order valence-electron chi connectivity index (χ1n) is 6.05. The van der Waals surface area contributed by atoms with Crippen molar-refractivity contribution in [1.82, 2.24) is 14.9 Å². The molecule has 0 saturated heterocycles. The van der Waals surface area contributed by atoms with Gasteiger partial charge in [-0.15, -0.1) is 5.10 Å². The van der Waals surface area contributed by atoms with Gasteiger partial charge in [0.1, 0.15) is 4.88 Å². The Morgan fingerprint density at radius 3 is 2.56 bits per heavy atom. The quantitative estimate of drug-likeness (QED) is 0.721. The van der Waals surface area contributed by atoms with Crippen molar-refractivity contribution >= 4 is 17.4 Å². The monoisotopic (exact) mass is 273 g/mol. The van der Waals surface area contributed by atoms with Crippen LogP contribution in [0.1, 0.15) is 36.1 Å². The first kappa shape index (κ1) is 15.0. The maximum atomic E-state index is 11.9. The number of carbonyl (C=O) groups is 1. The molecule has 0 aromatic carbocycles. The van der Waals surface area contributed by atoms with Gasteiger partial charge in [0.05, 0.1) is 12.2 Å². The molecule has 0 saturated carbocycles. The Hall–Kier alpha value is -1.05. The molecule has 0 radical (unpaired) electrons. The van der Waals surface area contributed by atoms with Crippen LogP contribution in [-0.4, -0.2) is 41.5 Å².